The van der Waals surface area contributed by atoms with E-state index < -0.39 is 0 Å². The summed E-state index contributed by atoms with van der Waals surface area (Å²) in [6, 6.07) is 3.55. The van der Waals surface area contributed by atoms with Gasteiger partial charge >= 0.3 is 5.97 Å². The Labute approximate surface area is 117 Å². The van der Waals surface area contributed by atoms with Crippen LogP contribution in [0.5, 0.6) is 11.8 Å². The van der Waals surface area contributed by atoms with Crippen molar-refractivity contribution in [2.75, 3.05) is 19.8 Å². The second-order valence-electron chi connectivity index (χ2n) is 5.09. The van der Waals surface area contributed by atoms with Gasteiger partial charge in [-0.1, -0.05) is 6.08 Å². The van der Waals surface area contributed by atoms with Crippen molar-refractivity contribution in [2.45, 2.75) is 19.8 Å². The van der Waals surface area contributed by atoms with E-state index in [0.29, 0.717) is 31.6 Å². The van der Waals surface area contributed by atoms with Crippen molar-refractivity contribution < 1.29 is 19.0 Å². The third-order valence-corrected chi connectivity index (χ3v) is 3.29. The quantitative estimate of drug-likeness (QED) is 0.771. The Hall–Kier alpha value is -1.88. The van der Waals surface area contributed by atoms with Gasteiger partial charge in [-0.05, 0) is 30.4 Å². The van der Waals surface area contributed by atoms with Gasteiger partial charge in [-0.3, -0.25) is 4.79 Å². The lowest BCUT2D eigenvalue weighted by Gasteiger charge is -2.12. The van der Waals surface area contributed by atoms with Crippen LogP contribution in [-0.4, -0.2) is 30.8 Å². The molecule has 0 aromatic carbocycles. The molecule has 0 radical (unpaired) electrons. The lowest BCUT2D eigenvalue weighted by Crippen LogP contribution is -2.07. The van der Waals surface area contributed by atoms with Gasteiger partial charge in [0.05, 0.1) is 19.8 Å². The molecular formula is C15H17NO4. The van der Waals surface area contributed by atoms with Crippen molar-refractivity contribution in [1.29, 1.82) is 0 Å². The summed E-state index contributed by atoms with van der Waals surface area (Å²) >= 11 is 0. The first-order valence-electron chi connectivity index (χ1n) is 6.82. The summed E-state index contributed by atoms with van der Waals surface area (Å²) < 4.78 is 16.1. The van der Waals surface area contributed by atoms with Crippen LogP contribution in [0.3, 0.4) is 0 Å². The van der Waals surface area contributed by atoms with Crippen molar-refractivity contribution in [2.24, 2.45) is 5.92 Å². The molecule has 2 heterocycles. The molecule has 5 nitrogen and oxygen atoms in total. The maximum atomic E-state index is 11.0. The van der Waals surface area contributed by atoms with Crippen molar-refractivity contribution in [1.82, 2.24) is 4.98 Å². The fraction of sp³-hybridized carbons (Fsp3) is 0.467. The Kier molecular flexibility index (Phi) is 3.69. The second-order valence-corrected chi connectivity index (χ2v) is 5.09. The molecule has 5 heteroatoms. The number of pyridine rings is 1. The number of rotatable bonds is 5. The fourth-order valence-electron chi connectivity index (χ4n) is 2.04. The van der Waals surface area contributed by atoms with Gasteiger partial charge in [0.2, 0.25) is 11.8 Å². The van der Waals surface area contributed by atoms with Crippen LogP contribution in [0.1, 0.15) is 25.3 Å². The van der Waals surface area contributed by atoms with Crippen molar-refractivity contribution in [3.63, 3.8) is 0 Å². The van der Waals surface area contributed by atoms with E-state index in [9.17, 15) is 4.79 Å². The number of nitrogens with zero attached hydrogens (tertiary/aromatic N) is 1. The number of carbonyl (C=O) groups excluding carboxylic acids is 1. The average Bonchev–Trinajstić information content (AvgIpc) is 3.09. The molecule has 0 atom stereocenters. The predicted molar refractivity (Wildman–Crippen MR) is 72.6 cm³/mol. The van der Waals surface area contributed by atoms with Gasteiger partial charge in [0.1, 0.15) is 0 Å². The molecule has 2 aliphatic rings. The lowest BCUT2D eigenvalue weighted by atomic mass is 10.1. The zero-order valence-electron chi connectivity index (χ0n) is 11.4. The normalized spacial score (nSPS) is 17.8. The maximum Gasteiger partial charge on any atom is 0.309 e. The summed E-state index contributed by atoms with van der Waals surface area (Å²) in [5.41, 5.74) is 1.98. The molecule has 0 spiro atoms. The number of esters is 1. The van der Waals surface area contributed by atoms with E-state index in [1.807, 2.05) is 12.1 Å². The average molecular weight is 275 g/mol. The molecule has 0 bridgehead atoms. The number of hydrogen-bond acceptors (Lipinski definition) is 5. The first kappa shape index (κ1) is 13.1. The van der Waals surface area contributed by atoms with Crippen molar-refractivity contribution in [3.05, 3.63) is 23.8 Å². The smallest absolute Gasteiger partial charge is 0.309 e. The van der Waals surface area contributed by atoms with Crippen LogP contribution in [0.15, 0.2) is 18.2 Å². The lowest BCUT2D eigenvalue weighted by molar-refractivity contribution is -0.132. The highest BCUT2D eigenvalue weighted by molar-refractivity contribution is 5.72. The van der Waals surface area contributed by atoms with Gasteiger partial charge in [0.25, 0.3) is 0 Å². The fourth-order valence-corrected chi connectivity index (χ4v) is 2.04. The van der Waals surface area contributed by atoms with Gasteiger partial charge in [-0.2, -0.15) is 4.98 Å². The van der Waals surface area contributed by atoms with Crippen LogP contribution in [0.4, 0.5) is 0 Å². The molecular weight excluding hydrogens is 258 g/mol. The molecule has 0 saturated heterocycles. The van der Waals surface area contributed by atoms with E-state index in [0.717, 1.165) is 11.1 Å². The topological polar surface area (TPSA) is 57.7 Å². The standard InChI is InChI=1S/C15H17NO4/c1-10(17)20-14-5-4-13(12-6-7-18-9-12)15(16-14)19-8-11-2-3-11/h4-6,11H,2-3,7-9H2,1H3. The summed E-state index contributed by atoms with van der Waals surface area (Å²) in [7, 11) is 0. The largest absolute Gasteiger partial charge is 0.477 e. The van der Waals surface area contributed by atoms with Gasteiger partial charge in [0, 0.05) is 18.6 Å². The summed E-state index contributed by atoms with van der Waals surface area (Å²) in [4.78, 5) is 15.3. The molecule has 20 heavy (non-hydrogen) atoms. The Morgan fingerprint density at radius 1 is 1.45 bits per heavy atom. The van der Waals surface area contributed by atoms with Crippen LogP contribution in [0, 0.1) is 5.92 Å². The Morgan fingerprint density at radius 3 is 2.95 bits per heavy atom. The van der Waals surface area contributed by atoms with E-state index in [2.05, 4.69) is 4.98 Å². The Balaban J connectivity index is 1.84. The zero-order valence-corrected chi connectivity index (χ0v) is 11.4. The van der Waals surface area contributed by atoms with E-state index >= 15 is 0 Å². The third kappa shape index (κ3) is 3.17. The van der Waals surface area contributed by atoms with Crippen LogP contribution in [0.2, 0.25) is 0 Å². The highest BCUT2D eigenvalue weighted by Crippen LogP contribution is 2.33. The van der Waals surface area contributed by atoms with E-state index in [-0.39, 0.29) is 11.8 Å². The minimum atomic E-state index is -0.387. The van der Waals surface area contributed by atoms with E-state index in [1.165, 1.54) is 19.8 Å². The molecule has 1 aromatic rings. The summed E-state index contributed by atoms with van der Waals surface area (Å²) in [6.07, 6.45) is 4.45. The molecule has 1 aliphatic carbocycles. The molecule has 3 rings (SSSR count). The third-order valence-electron chi connectivity index (χ3n) is 3.29. The van der Waals surface area contributed by atoms with Crippen LogP contribution >= 0.6 is 0 Å². The predicted octanol–water partition coefficient (Wildman–Crippen LogP) is 2.21. The number of ether oxygens (including phenoxy) is 3. The number of carbonyl (C=O) groups is 1. The van der Waals surface area contributed by atoms with Crippen LogP contribution < -0.4 is 9.47 Å². The second kappa shape index (κ2) is 5.63. The number of aromatic nitrogens is 1. The van der Waals surface area contributed by atoms with Gasteiger partial charge in [-0.25, -0.2) is 0 Å². The first-order valence-corrected chi connectivity index (χ1v) is 6.82. The molecule has 106 valence electrons. The van der Waals surface area contributed by atoms with E-state index in [1.54, 1.807) is 6.07 Å². The first-order chi connectivity index (χ1) is 9.72. The molecule has 1 aromatic heterocycles. The zero-order chi connectivity index (χ0) is 13.9. The van der Waals surface area contributed by atoms with E-state index in [4.69, 9.17) is 14.2 Å². The van der Waals surface area contributed by atoms with Crippen LogP contribution in [-0.2, 0) is 9.53 Å². The summed E-state index contributed by atoms with van der Waals surface area (Å²) in [6.45, 7) is 3.20. The maximum absolute atomic E-state index is 11.0. The molecule has 0 amide bonds. The van der Waals surface area contributed by atoms with Gasteiger partial charge in [-0.15, -0.1) is 0 Å². The molecule has 1 aliphatic heterocycles. The molecule has 1 saturated carbocycles. The Bertz CT molecular complexity index is 549. The SMILES string of the molecule is CC(=O)Oc1ccc(C2=CCOC2)c(OCC2CC2)n1. The highest BCUT2D eigenvalue weighted by Gasteiger charge is 2.24. The Morgan fingerprint density at radius 2 is 2.30 bits per heavy atom. The van der Waals surface area contributed by atoms with Gasteiger partial charge in [0.15, 0.2) is 0 Å². The molecule has 1 fully saturated rings. The minimum Gasteiger partial charge on any atom is -0.477 e. The summed E-state index contributed by atoms with van der Waals surface area (Å²) in [5.74, 6) is 1.04. The van der Waals surface area contributed by atoms with Crippen molar-refractivity contribution >= 4 is 11.5 Å². The number of hydrogen-bond donors (Lipinski definition) is 0. The molecule has 0 unspecified atom stereocenters. The van der Waals surface area contributed by atoms with Crippen LogP contribution in [0.25, 0.3) is 5.57 Å². The summed E-state index contributed by atoms with van der Waals surface area (Å²) in [5, 5.41) is 0. The van der Waals surface area contributed by atoms with Crippen molar-refractivity contribution in [3.8, 4) is 11.8 Å². The van der Waals surface area contributed by atoms with Gasteiger partial charge < -0.3 is 14.2 Å². The highest BCUT2D eigenvalue weighted by atomic mass is 16.5. The monoisotopic (exact) mass is 275 g/mol. The minimum absolute atomic E-state index is 0.270. The molecule has 0 N–H and O–H groups in total.